The zero-order valence-electron chi connectivity index (χ0n) is 19.1. The average molecular weight is 461 g/mol. The molecule has 170 valence electrons. The number of rotatable bonds is 6. The molecule has 4 aromatic rings. The van der Waals surface area contributed by atoms with Crippen LogP contribution in [-0.4, -0.2) is 62.5 Å². The Balaban J connectivity index is 1.25. The average Bonchev–Trinajstić information content (AvgIpc) is 3.16. The van der Waals surface area contributed by atoms with Gasteiger partial charge in [0.1, 0.15) is 5.52 Å². The molecule has 1 fully saturated rings. The number of benzene rings is 2. The lowest BCUT2D eigenvalue weighted by Crippen LogP contribution is -2.49. The number of aryl methyl sites for hydroxylation is 2. The SMILES string of the molecule is CCCn1c2ccccc2c2nnc(SCC(=O)N3CCN(c4cccc(C)c4)CC3)nc21. The number of amides is 1. The molecule has 0 aliphatic carbocycles. The number of carbonyl (C=O) groups is 1. The largest absolute Gasteiger partial charge is 0.368 e. The number of para-hydroxylation sites is 1. The Morgan fingerprint density at radius 1 is 1.03 bits per heavy atom. The van der Waals surface area contributed by atoms with Crippen LogP contribution >= 0.6 is 11.8 Å². The second kappa shape index (κ2) is 9.39. The van der Waals surface area contributed by atoms with Gasteiger partial charge in [0.25, 0.3) is 0 Å². The van der Waals surface area contributed by atoms with Gasteiger partial charge in [-0.3, -0.25) is 4.79 Å². The van der Waals surface area contributed by atoms with E-state index in [4.69, 9.17) is 4.98 Å². The minimum Gasteiger partial charge on any atom is -0.368 e. The summed E-state index contributed by atoms with van der Waals surface area (Å²) in [4.78, 5) is 21.9. The first kappa shape index (κ1) is 21.7. The fourth-order valence-electron chi connectivity index (χ4n) is 4.46. The molecule has 0 bridgehead atoms. The van der Waals surface area contributed by atoms with Crippen LogP contribution in [0.2, 0.25) is 0 Å². The van der Waals surface area contributed by atoms with Gasteiger partial charge in [0.2, 0.25) is 11.1 Å². The first-order valence-electron chi connectivity index (χ1n) is 11.5. The lowest BCUT2D eigenvalue weighted by atomic mass is 10.2. The molecule has 1 amide bonds. The van der Waals surface area contributed by atoms with Crippen molar-refractivity contribution in [3.63, 3.8) is 0 Å². The third kappa shape index (κ3) is 4.39. The first-order chi connectivity index (χ1) is 16.1. The summed E-state index contributed by atoms with van der Waals surface area (Å²) in [6, 6.07) is 16.7. The monoisotopic (exact) mass is 460 g/mol. The van der Waals surface area contributed by atoms with Gasteiger partial charge < -0.3 is 14.4 Å². The smallest absolute Gasteiger partial charge is 0.233 e. The highest BCUT2D eigenvalue weighted by molar-refractivity contribution is 7.99. The Morgan fingerprint density at radius 2 is 1.85 bits per heavy atom. The van der Waals surface area contributed by atoms with Gasteiger partial charge >= 0.3 is 0 Å². The molecule has 0 spiro atoms. The zero-order valence-corrected chi connectivity index (χ0v) is 19.9. The fourth-order valence-corrected chi connectivity index (χ4v) is 5.14. The minimum atomic E-state index is 0.127. The van der Waals surface area contributed by atoms with Crippen LogP contribution in [0.3, 0.4) is 0 Å². The summed E-state index contributed by atoms with van der Waals surface area (Å²) in [6.45, 7) is 8.30. The molecule has 1 aliphatic rings. The van der Waals surface area contributed by atoms with Crippen LogP contribution < -0.4 is 4.90 Å². The normalized spacial score (nSPS) is 14.4. The highest BCUT2D eigenvalue weighted by atomic mass is 32.2. The molecule has 33 heavy (non-hydrogen) atoms. The summed E-state index contributed by atoms with van der Waals surface area (Å²) in [6.07, 6.45) is 1.01. The molecule has 0 radical (unpaired) electrons. The Kier molecular flexibility index (Phi) is 6.17. The van der Waals surface area contributed by atoms with Crippen molar-refractivity contribution in [2.45, 2.75) is 32.0 Å². The fraction of sp³-hybridized carbons (Fsp3) is 0.360. The van der Waals surface area contributed by atoms with Crippen molar-refractivity contribution < 1.29 is 4.79 Å². The third-order valence-corrected chi connectivity index (χ3v) is 6.95. The van der Waals surface area contributed by atoms with E-state index in [1.807, 2.05) is 17.0 Å². The molecular weight excluding hydrogens is 432 g/mol. The molecule has 1 saturated heterocycles. The van der Waals surface area contributed by atoms with E-state index in [9.17, 15) is 4.79 Å². The Hall–Kier alpha value is -3.13. The van der Waals surface area contributed by atoms with E-state index < -0.39 is 0 Å². The minimum absolute atomic E-state index is 0.127. The van der Waals surface area contributed by atoms with E-state index in [1.165, 1.54) is 23.0 Å². The predicted octanol–water partition coefficient (Wildman–Crippen LogP) is 4.14. The second-order valence-corrected chi connectivity index (χ2v) is 9.37. The standard InChI is InChI=1S/C25H28N6OS/c1-3-11-31-21-10-5-4-9-20(21)23-24(31)26-25(28-27-23)33-17-22(32)30-14-12-29(13-15-30)19-8-6-7-18(2)16-19/h4-10,16H,3,11-15,17H2,1-2H3. The van der Waals surface area contributed by atoms with E-state index >= 15 is 0 Å². The predicted molar refractivity (Wildman–Crippen MR) is 134 cm³/mol. The number of anilines is 1. The van der Waals surface area contributed by atoms with Crippen molar-refractivity contribution in [3.05, 3.63) is 54.1 Å². The van der Waals surface area contributed by atoms with E-state index in [-0.39, 0.29) is 5.91 Å². The topological polar surface area (TPSA) is 67.2 Å². The van der Waals surface area contributed by atoms with Gasteiger partial charge in [0.05, 0.1) is 11.3 Å². The summed E-state index contributed by atoms with van der Waals surface area (Å²) in [7, 11) is 0. The van der Waals surface area contributed by atoms with Crippen LogP contribution in [0.15, 0.2) is 53.7 Å². The first-order valence-corrected chi connectivity index (χ1v) is 12.5. The molecule has 5 rings (SSSR count). The van der Waals surface area contributed by atoms with Crippen molar-refractivity contribution >= 4 is 45.4 Å². The van der Waals surface area contributed by atoms with Crippen LogP contribution in [0, 0.1) is 6.92 Å². The van der Waals surface area contributed by atoms with E-state index in [0.29, 0.717) is 10.9 Å². The summed E-state index contributed by atoms with van der Waals surface area (Å²) < 4.78 is 2.20. The molecule has 0 N–H and O–H groups in total. The number of hydrogen-bond donors (Lipinski definition) is 0. The van der Waals surface area contributed by atoms with Crippen LogP contribution in [0.25, 0.3) is 22.1 Å². The molecule has 3 heterocycles. The summed E-state index contributed by atoms with van der Waals surface area (Å²) in [5, 5.41) is 10.4. The lowest BCUT2D eigenvalue weighted by Gasteiger charge is -2.36. The van der Waals surface area contributed by atoms with Crippen molar-refractivity contribution in [2.24, 2.45) is 0 Å². The van der Waals surface area contributed by atoms with Crippen molar-refractivity contribution in [3.8, 4) is 0 Å². The highest BCUT2D eigenvalue weighted by Gasteiger charge is 2.22. The van der Waals surface area contributed by atoms with Gasteiger partial charge in [-0.2, -0.15) is 0 Å². The molecule has 0 saturated carbocycles. The maximum absolute atomic E-state index is 12.8. The van der Waals surface area contributed by atoms with Crippen LogP contribution in [0.5, 0.6) is 0 Å². The number of piperazine rings is 1. The highest BCUT2D eigenvalue weighted by Crippen LogP contribution is 2.27. The van der Waals surface area contributed by atoms with Gasteiger partial charge in [-0.15, -0.1) is 10.2 Å². The maximum Gasteiger partial charge on any atom is 0.233 e. The quantitative estimate of drug-likeness (QED) is 0.403. The molecule has 7 nitrogen and oxygen atoms in total. The Labute approximate surface area is 197 Å². The van der Waals surface area contributed by atoms with E-state index in [1.54, 1.807) is 0 Å². The van der Waals surface area contributed by atoms with Crippen LogP contribution in [0.1, 0.15) is 18.9 Å². The van der Waals surface area contributed by atoms with Crippen molar-refractivity contribution in [1.29, 1.82) is 0 Å². The molecule has 0 unspecified atom stereocenters. The molecular formula is C25H28N6OS. The summed E-state index contributed by atoms with van der Waals surface area (Å²) in [5.74, 6) is 0.452. The number of nitrogens with zero attached hydrogens (tertiary/aromatic N) is 6. The van der Waals surface area contributed by atoms with Gasteiger partial charge in [-0.25, -0.2) is 4.98 Å². The van der Waals surface area contributed by atoms with Crippen molar-refractivity contribution in [1.82, 2.24) is 24.6 Å². The number of aromatic nitrogens is 4. The molecule has 1 aliphatic heterocycles. The van der Waals surface area contributed by atoms with E-state index in [0.717, 1.165) is 61.2 Å². The van der Waals surface area contributed by atoms with Gasteiger partial charge in [-0.05, 0) is 37.1 Å². The second-order valence-electron chi connectivity index (χ2n) is 8.43. The molecule has 2 aromatic heterocycles. The Bertz CT molecular complexity index is 1290. The molecule has 2 aromatic carbocycles. The van der Waals surface area contributed by atoms with Crippen LogP contribution in [-0.2, 0) is 11.3 Å². The zero-order chi connectivity index (χ0) is 22.8. The van der Waals surface area contributed by atoms with Crippen molar-refractivity contribution in [2.75, 3.05) is 36.8 Å². The number of fused-ring (bicyclic) bond motifs is 3. The lowest BCUT2D eigenvalue weighted by molar-refractivity contribution is -0.128. The van der Waals surface area contributed by atoms with Gasteiger partial charge in [0.15, 0.2) is 5.65 Å². The number of carbonyl (C=O) groups excluding carboxylic acids is 1. The third-order valence-electron chi connectivity index (χ3n) is 6.13. The van der Waals surface area contributed by atoms with Gasteiger partial charge in [-0.1, -0.05) is 49.0 Å². The molecule has 8 heteroatoms. The Morgan fingerprint density at radius 3 is 2.64 bits per heavy atom. The van der Waals surface area contributed by atoms with Gasteiger partial charge in [0, 0.05) is 43.8 Å². The maximum atomic E-state index is 12.8. The van der Waals surface area contributed by atoms with Crippen LogP contribution in [0.4, 0.5) is 5.69 Å². The summed E-state index contributed by atoms with van der Waals surface area (Å²) in [5.41, 5.74) is 5.27. The molecule has 0 atom stereocenters. The van der Waals surface area contributed by atoms with E-state index in [2.05, 4.69) is 69.9 Å². The number of thioether (sulfide) groups is 1. The number of hydrogen-bond acceptors (Lipinski definition) is 6. The summed E-state index contributed by atoms with van der Waals surface area (Å²) >= 11 is 1.37.